The Morgan fingerprint density at radius 3 is 3.11 bits per heavy atom. The van der Waals surface area contributed by atoms with Gasteiger partial charge in [0.25, 0.3) is 0 Å². The third-order valence-corrected chi connectivity index (χ3v) is 6.02. The third-order valence-electron chi connectivity index (χ3n) is 2.91. The fourth-order valence-electron chi connectivity index (χ4n) is 2.03. The molecule has 0 atom stereocenters. The predicted molar refractivity (Wildman–Crippen MR) is 79.1 cm³/mol. The van der Waals surface area contributed by atoms with E-state index in [-0.39, 0.29) is 5.78 Å². The molecule has 5 heteroatoms. The second-order valence-corrected chi connectivity index (χ2v) is 7.62. The monoisotopic (exact) mass is 295 g/mol. The first-order chi connectivity index (χ1) is 8.72. The lowest BCUT2D eigenvalue weighted by atomic mass is 10.1. The van der Waals surface area contributed by atoms with Crippen molar-refractivity contribution in [3.63, 3.8) is 0 Å². The van der Waals surface area contributed by atoms with Gasteiger partial charge in [0.1, 0.15) is 0 Å². The molecule has 1 aliphatic heterocycles. The van der Waals surface area contributed by atoms with E-state index in [2.05, 4.69) is 11.1 Å². The standard InChI is InChI=1S/C13H13NOS3/c1-8-14-10(7-17-8)5-11(15)13-4-9-6-16-3-2-12(9)18-13/h4,7H,2-3,5-6H2,1H3. The van der Waals surface area contributed by atoms with Gasteiger partial charge in [0, 0.05) is 16.0 Å². The molecule has 0 bridgehead atoms. The summed E-state index contributed by atoms with van der Waals surface area (Å²) >= 11 is 5.24. The molecule has 3 heterocycles. The van der Waals surface area contributed by atoms with E-state index in [0.717, 1.165) is 27.8 Å². The second kappa shape index (κ2) is 5.15. The molecule has 0 spiro atoms. The summed E-state index contributed by atoms with van der Waals surface area (Å²) < 4.78 is 0. The van der Waals surface area contributed by atoms with Crippen molar-refractivity contribution in [3.05, 3.63) is 37.5 Å². The molecule has 0 saturated carbocycles. The van der Waals surface area contributed by atoms with Gasteiger partial charge in [-0.1, -0.05) is 0 Å². The number of hydrogen-bond donors (Lipinski definition) is 0. The molecule has 0 N–H and O–H groups in total. The molecule has 94 valence electrons. The van der Waals surface area contributed by atoms with Crippen LogP contribution in [0.5, 0.6) is 0 Å². The number of carbonyl (C=O) groups excluding carboxylic acids is 1. The van der Waals surface area contributed by atoms with Crippen molar-refractivity contribution >= 4 is 40.2 Å². The van der Waals surface area contributed by atoms with Crippen molar-refractivity contribution in [2.24, 2.45) is 0 Å². The van der Waals surface area contributed by atoms with Crippen LogP contribution in [0.3, 0.4) is 0 Å². The Balaban J connectivity index is 1.78. The molecule has 1 aliphatic rings. The summed E-state index contributed by atoms with van der Waals surface area (Å²) in [5.74, 6) is 2.46. The van der Waals surface area contributed by atoms with Crippen LogP contribution in [0, 0.1) is 6.92 Å². The molecule has 3 rings (SSSR count). The number of aryl methyl sites for hydroxylation is 2. The number of ketones is 1. The van der Waals surface area contributed by atoms with E-state index in [4.69, 9.17) is 0 Å². The van der Waals surface area contributed by atoms with Crippen LogP contribution in [-0.2, 0) is 18.6 Å². The van der Waals surface area contributed by atoms with Crippen LogP contribution in [0.1, 0.15) is 30.8 Å². The van der Waals surface area contributed by atoms with Gasteiger partial charge in [0.2, 0.25) is 0 Å². The lowest BCUT2D eigenvalue weighted by molar-refractivity contribution is 0.0996. The van der Waals surface area contributed by atoms with Crippen molar-refractivity contribution in [1.82, 2.24) is 4.98 Å². The molecule has 0 aliphatic carbocycles. The summed E-state index contributed by atoms with van der Waals surface area (Å²) in [4.78, 5) is 18.9. The summed E-state index contributed by atoms with van der Waals surface area (Å²) in [6.07, 6.45) is 1.56. The van der Waals surface area contributed by atoms with E-state index in [0.29, 0.717) is 6.42 Å². The maximum absolute atomic E-state index is 12.2. The van der Waals surface area contributed by atoms with Gasteiger partial charge >= 0.3 is 0 Å². The molecular weight excluding hydrogens is 282 g/mol. The average Bonchev–Trinajstić information content (AvgIpc) is 2.95. The Morgan fingerprint density at radius 2 is 2.39 bits per heavy atom. The van der Waals surface area contributed by atoms with Crippen LogP contribution in [0.4, 0.5) is 0 Å². The van der Waals surface area contributed by atoms with E-state index >= 15 is 0 Å². The highest BCUT2D eigenvalue weighted by molar-refractivity contribution is 7.98. The smallest absolute Gasteiger partial charge is 0.178 e. The van der Waals surface area contributed by atoms with Crippen LogP contribution < -0.4 is 0 Å². The van der Waals surface area contributed by atoms with Crippen LogP contribution in [-0.4, -0.2) is 16.5 Å². The number of thiazole rings is 1. The number of hydrogen-bond acceptors (Lipinski definition) is 5. The molecule has 0 amide bonds. The summed E-state index contributed by atoms with van der Waals surface area (Å²) in [6, 6.07) is 2.09. The van der Waals surface area contributed by atoms with Crippen LogP contribution in [0.2, 0.25) is 0 Å². The summed E-state index contributed by atoms with van der Waals surface area (Å²) in [5, 5.41) is 3.01. The van der Waals surface area contributed by atoms with E-state index < -0.39 is 0 Å². The Kier molecular flexibility index (Phi) is 3.54. The number of fused-ring (bicyclic) bond motifs is 1. The molecular formula is C13H13NOS3. The number of thioether (sulfide) groups is 1. The molecule has 2 aromatic rings. The SMILES string of the molecule is Cc1nc(CC(=O)c2cc3c(s2)CCSC3)cs1. The maximum Gasteiger partial charge on any atom is 0.178 e. The van der Waals surface area contributed by atoms with Gasteiger partial charge < -0.3 is 0 Å². The highest BCUT2D eigenvalue weighted by Gasteiger charge is 2.18. The maximum atomic E-state index is 12.2. The Morgan fingerprint density at radius 1 is 1.50 bits per heavy atom. The topological polar surface area (TPSA) is 30.0 Å². The highest BCUT2D eigenvalue weighted by atomic mass is 32.2. The first-order valence-corrected chi connectivity index (χ1v) is 8.71. The molecule has 0 radical (unpaired) electrons. The van der Waals surface area contributed by atoms with Gasteiger partial charge in [-0.15, -0.1) is 22.7 Å². The number of thiophene rings is 1. The third kappa shape index (κ3) is 2.53. The molecule has 2 nitrogen and oxygen atoms in total. The fourth-order valence-corrected chi connectivity index (χ4v) is 4.95. The van der Waals surface area contributed by atoms with E-state index in [1.165, 1.54) is 16.2 Å². The van der Waals surface area contributed by atoms with Crippen molar-refractivity contribution in [1.29, 1.82) is 0 Å². The number of nitrogens with zero attached hydrogens (tertiary/aromatic N) is 1. The molecule has 0 fully saturated rings. The normalized spacial score (nSPS) is 14.5. The van der Waals surface area contributed by atoms with Crippen LogP contribution in [0.25, 0.3) is 0 Å². The molecule has 0 saturated heterocycles. The second-order valence-electron chi connectivity index (χ2n) is 4.32. The van der Waals surface area contributed by atoms with Crippen molar-refractivity contribution < 1.29 is 4.79 Å². The number of carbonyl (C=O) groups is 1. The summed E-state index contributed by atoms with van der Waals surface area (Å²) in [7, 11) is 0. The first-order valence-electron chi connectivity index (χ1n) is 5.86. The van der Waals surface area contributed by atoms with Crippen LogP contribution >= 0.6 is 34.4 Å². The minimum absolute atomic E-state index is 0.213. The lowest BCUT2D eigenvalue weighted by Crippen LogP contribution is -2.01. The lowest BCUT2D eigenvalue weighted by Gasteiger charge is -2.08. The largest absolute Gasteiger partial charge is 0.293 e. The average molecular weight is 295 g/mol. The number of aromatic nitrogens is 1. The zero-order valence-electron chi connectivity index (χ0n) is 10.1. The minimum atomic E-state index is 0.213. The molecule has 0 unspecified atom stereocenters. The first kappa shape index (κ1) is 12.4. The van der Waals surface area contributed by atoms with Gasteiger partial charge in [0.05, 0.1) is 22.0 Å². The van der Waals surface area contributed by atoms with Crippen LogP contribution in [0.15, 0.2) is 11.4 Å². The molecule has 2 aromatic heterocycles. The van der Waals surface area contributed by atoms with Crippen molar-refractivity contribution in [2.45, 2.75) is 25.5 Å². The van der Waals surface area contributed by atoms with E-state index in [9.17, 15) is 4.79 Å². The fraction of sp³-hybridized carbons (Fsp3) is 0.385. The highest BCUT2D eigenvalue weighted by Crippen LogP contribution is 2.32. The predicted octanol–water partition coefficient (Wildman–Crippen LogP) is 3.73. The Labute approximate surface area is 118 Å². The number of rotatable bonds is 3. The van der Waals surface area contributed by atoms with Gasteiger partial charge in [-0.05, 0) is 30.7 Å². The van der Waals surface area contributed by atoms with Crippen molar-refractivity contribution in [3.8, 4) is 0 Å². The van der Waals surface area contributed by atoms with E-state index in [1.807, 2.05) is 24.1 Å². The number of Topliss-reactive ketones (excluding diaryl/α,β-unsaturated/α-hetero) is 1. The quantitative estimate of drug-likeness (QED) is 0.808. The van der Waals surface area contributed by atoms with E-state index in [1.54, 1.807) is 22.7 Å². The summed E-state index contributed by atoms with van der Waals surface area (Å²) in [5.41, 5.74) is 2.28. The zero-order valence-corrected chi connectivity index (χ0v) is 12.5. The summed E-state index contributed by atoms with van der Waals surface area (Å²) in [6.45, 7) is 1.97. The van der Waals surface area contributed by atoms with Gasteiger partial charge in [-0.25, -0.2) is 4.98 Å². The molecule has 0 aromatic carbocycles. The Bertz CT molecular complexity index is 561. The Hall–Kier alpha value is -0.650. The van der Waals surface area contributed by atoms with Crippen molar-refractivity contribution in [2.75, 3.05) is 5.75 Å². The zero-order chi connectivity index (χ0) is 12.5. The van der Waals surface area contributed by atoms with Gasteiger partial charge in [-0.3, -0.25) is 4.79 Å². The van der Waals surface area contributed by atoms with Gasteiger partial charge in [0.15, 0.2) is 5.78 Å². The minimum Gasteiger partial charge on any atom is -0.293 e. The van der Waals surface area contributed by atoms with Gasteiger partial charge in [-0.2, -0.15) is 11.8 Å². The molecule has 18 heavy (non-hydrogen) atoms.